The highest BCUT2D eigenvalue weighted by Crippen LogP contribution is 2.27. The molecule has 1 fully saturated rings. The van der Waals surface area contributed by atoms with Gasteiger partial charge in [0.25, 0.3) is 0 Å². The smallest absolute Gasteiger partial charge is 0.136 e. The topological polar surface area (TPSA) is 49.8 Å². The van der Waals surface area contributed by atoms with Crippen molar-refractivity contribution in [2.24, 2.45) is 5.92 Å². The molecule has 0 radical (unpaired) electrons. The van der Waals surface area contributed by atoms with E-state index in [1.165, 1.54) is 18.4 Å². The zero-order valence-electron chi connectivity index (χ0n) is 14.6. The van der Waals surface area contributed by atoms with Crippen LogP contribution in [0, 0.1) is 12.8 Å². The number of hydrogen-bond donors (Lipinski definition) is 2. The molecule has 2 aromatic heterocycles. The van der Waals surface area contributed by atoms with E-state index < -0.39 is 0 Å². The highest BCUT2D eigenvalue weighted by molar-refractivity contribution is 5.91. The molecule has 4 rings (SSSR count). The second kappa shape index (κ2) is 7.19. The molecule has 4 heteroatoms. The van der Waals surface area contributed by atoms with Crippen molar-refractivity contribution in [2.75, 3.05) is 25.0 Å². The van der Waals surface area contributed by atoms with Crippen LogP contribution in [-0.4, -0.2) is 29.6 Å². The van der Waals surface area contributed by atoms with Crippen molar-refractivity contribution in [3.05, 3.63) is 54.2 Å². The molecule has 25 heavy (non-hydrogen) atoms. The summed E-state index contributed by atoms with van der Waals surface area (Å²) in [5.41, 5.74) is 4.33. The minimum absolute atomic E-state index is 0.658. The van der Waals surface area contributed by atoms with E-state index in [1.54, 1.807) is 0 Å². The summed E-state index contributed by atoms with van der Waals surface area (Å²) in [7, 11) is 0. The maximum atomic E-state index is 4.91. The molecular formula is C21H24N4. The van der Waals surface area contributed by atoms with Gasteiger partial charge in [-0.05, 0) is 57.0 Å². The summed E-state index contributed by atoms with van der Waals surface area (Å²) in [6.45, 7) is 5.27. The lowest BCUT2D eigenvalue weighted by Gasteiger charge is -2.23. The first-order chi connectivity index (χ1) is 12.3. The highest BCUT2D eigenvalue weighted by Gasteiger charge is 2.14. The lowest BCUT2D eigenvalue weighted by molar-refractivity contribution is 0.393. The maximum absolute atomic E-state index is 4.91. The second-order valence-electron chi connectivity index (χ2n) is 6.89. The zero-order chi connectivity index (χ0) is 17.1. The van der Waals surface area contributed by atoms with E-state index in [1.807, 2.05) is 12.3 Å². The molecular weight excluding hydrogens is 308 g/mol. The monoisotopic (exact) mass is 332 g/mol. The summed E-state index contributed by atoms with van der Waals surface area (Å²) in [5, 5.41) is 8.15. The fraction of sp³-hybridized carbons (Fsp3) is 0.333. The maximum Gasteiger partial charge on any atom is 0.136 e. The normalized spacial score (nSPS) is 17.6. The minimum atomic E-state index is 0.658. The summed E-state index contributed by atoms with van der Waals surface area (Å²) in [5.74, 6) is 1.59. The molecule has 128 valence electrons. The van der Waals surface area contributed by atoms with Crippen molar-refractivity contribution in [3.63, 3.8) is 0 Å². The summed E-state index contributed by atoms with van der Waals surface area (Å²) < 4.78 is 0. The first-order valence-corrected chi connectivity index (χ1v) is 9.07. The van der Waals surface area contributed by atoms with Crippen LogP contribution >= 0.6 is 0 Å². The van der Waals surface area contributed by atoms with Crippen LogP contribution in [-0.2, 0) is 0 Å². The first-order valence-electron chi connectivity index (χ1n) is 9.07. The van der Waals surface area contributed by atoms with Gasteiger partial charge in [0.15, 0.2) is 0 Å². The van der Waals surface area contributed by atoms with Crippen LogP contribution in [0.4, 0.5) is 5.82 Å². The van der Waals surface area contributed by atoms with Gasteiger partial charge in [-0.15, -0.1) is 0 Å². The largest absolute Gasteiger partial charge is 0.369 e. The molecule has 3 aromatic rings. The van der Waals surface area contributed by atoms with Crippen LogP contribution in [0.25, 0.3) is 22.2 Å². The van der Waals surface area contributed by atoms with Gasteiger partial charge in [0.05, 0.1) is 11.2 Å². The lowest BCUT2D eigenvalue weighted by atomic mass is 10.00. The Bertz CT molecular complexity index is 851. The molecule has 3 heterocycles. The molecule has 0 saturated carbocycles. The number of nitrogens with one attached hydrogen (secondary N) is 2. The van der Waals surface area contributed by atoms with E-state index >= 15 is 0 Å². The van der Waals surface area contributed by atoms with E-state index in [0.717, 1.165) is 47.6 Å². The Hall–Kier alpha value is -2.46. The molecule has 0 unspecified atom stereocenters. The lowest BCUT2D eigenvalue weighted by Crippen LogP contribution is -2.33. The number of pyridine rings is 2. The van der Waals surface area contributed by atoms with Crippen molar-refractivity contribution >= 4 is 16.7 Å². The van der Waals surface area contributed by atoms with Crippen LogP contribution in [0.15, 0.2) is 48.7 Å². The van der Waals surface area contributed by atoms with Crippen LogP contribution in [0.2, 0.25) is 0 Å². The van der Waals surface area contributed by atoms with Crippen LogP contribution in [0.1, 0.15) is 18.4 Å². The Morgan fingerprint density at radius 2 is 2.08 bits per heavy atom. The number of anilines is 1. The van der Waals surface area contributed by atoms with Gasteiger partial charge < -0.3 is 10.6 Å². The first kappa shape index (κ1) is 16.0. The number of hydrogen-bond acceptors (Lipinski definition) is 4. The predicted molar refractivity (Wildman–Crippen MR) is 104 cm³/mol. The van der Waals surface area contributed by atoms with Crippen LogP contribution in [0.5, 0.6) is 0 Å². The fourth-order valence-corrected chi connectivity index (χ4v) is 3.42. The van der Waals surface area contributed by atoms with Gasteiger partial charge in [-0.25, -0.2) is 4.98 Å². The standard InChI is InChI=1S/C21H24N4/c1-15-6-8-17(9-7-15)19-12-20-18(5-3-11-23-20)21(25-19)24-14-16-4-2-10-22-13-16/h3,5-9,11-12,16,22H,2,4,10,13-14H2,1H3,(H,24,25)/t16-/m0/s1. The number of aryl methyl sites for hydroxylation is 1. The van der Waals surface area contributed by atoms with E-state index in [4.69, 9.17) is 4.98 Å². The van der Waals surface area contributed by atoms with Gasteiger partial charge in [-0.3, -0.25) is 4.98 Å². The van der Waals surface area contributed by atoms with Gasteiger partial charge in [0.1, 0.15) is 5.82 Å². The minimum Gasteiger partial charge on any atom is -0.369 e. The number of nitrogens with zero attached hydrogens (tertiary/aromatic N) is 2. The van der Waals surface area contributed by atoms with Crippen molar-refractivity contribution in [3.8, 4) is 11.3 Å². The number of benzene rings is 1. The van der Waals surface area contributed by atoms with E-state index in [2.05, 4.69) is 58.9 Å². The molecule has 1 aliphatic rings. The van der Waals surface area contributed by atoms with Crippen LogP contribution < -0.4 is 10.6 Å². The molecule has 2 N–H and O–H groups in total. The third kappa shape index (κ3) is 3.64. The van der Waals surface area contributed by atoms with Crippen molar-refractivity contribution in [1.82, 2.24) is 15.3 Å². The van der Waals surface area contributed by atoms with Gasteiger partial charge in [0, 0.05) is 23.7 Å². The van der Waals surface area contributed by atoms with Gasteiger partial charge >= 0.3 is 0 Å². The molecule has 0 spiro atoms. The van der Waals surface area contributed by atoms with Gasteiger partial charge in [0.2, 0.25) is 0 Å². The van der Waals surface area contributed by atoms with Crippen LogP contribution in [0.3, 0.4) is 0 Å². The average Bonchev–Trinajstić information content (AvgIpc) is 2.67. The summed E-state index contributed by atoms with van der Waals surface area (Å²) in [6.07, 6.45) is 4.37. The summed E-state index contributed by atoms with van der Waals surface area (Å²) >= 11 is 0. The van der Waals surface area contributed by atoms with Crippen molar-refractivity contribution < 1.29 is 0 Å². The number of fused-ring (bicyclic) bond motifs is 1. The van der Waals surface area contributed by atoms with E-state index in [0.29, 0.717) is 5.92 Å². The molecule has 1 aliphatic heterocycles. The summed E-state index contributed by atoms with van der Waals surface area (Å²) in [6, 6.07) is 14.6. The van der Waals surface area contributed by atoms with E-state index in [9.17, 15) is 0 Å². The van der Waals surface area contributed by atoms with Gasteiger partial charge in [-0.2, -0.15) is 0 Å². The Morgan fingerprint density at radius 1 is 1.20 bits per heavy atom. The second-order valence-corrected chi connectivity index (χ2v) is 6.89. The van der Waals surface area contributed by atoms with E-state index in [-0.39, 0.29) is 0 Å². The predicted octanol–water partition coefficient (Wildman–Crippen LogP) is 4.02. The molecule has 1 aromatic carbocycles. The number of piperidine rings is 1. The quantitative estimate of drug-likeness (QED) is 0.758. The summed E-state index contributed by atoms with van der Waals surface area (Å²) in [4.78, 5) is 9.46. The zero-order valence-corrected chi connectivity index (χ0v) is 14.6. The molecule has 1 saturated heterocycles. The Labute approximate surface area is 148 Å². The third-order valence-corrected chi connectivity index (χ3v) is 4.90. The highest BCUT2D eigenvalue weighted by atomic mass is 15.0. The Kier molecular flexibility index (Phi) is 4.61. The SMILES string of the molecule is Cc1ccc(-c2cc3ncccc3c(NC[C@H]3CCCNC3)n2)cc1. The van der Waals surface area contributed by atoms with Gasteiger partial charge in [-0.1, -0.05) is 29.8 Å². The molecule has 0 aliphatic carbocycles. The number of rotatable bonds is 4. The van der Waals surface area contributed by atoms with Crippen molar-refractivity contribution in [1.29, 1.82) is 0 Å². The third-order valence-electron chi connectivity index (χ3n) is 4.90. The average molecular weight is 332 g/mol. The molecule has 4 nitrogen and oxygen atoms in total. The Morgan fingerprint density at radius 3 is 2.88 bits per heavy atom. The molecule has 1 atom stereocenters. The number of aromatic nitrogens is 2. The molecule has 0 amide bonds. The Balaban J connectivity index is 1.67. The van der Waals surface area contributed by atoms with Crippen molar-refractivity contribution in [2.45, 2.75) is 19.8 Å². The molecule has 0 bridgehead atoms. The fourth-order valence-electron chi connectivity index (χ4n) is 3.42.